The first-order valence-corrected chi connectivity index (χ1v) is 6.56. The minimum Gasteiger partial charge on any atom is -0.364 e. The predicted octanol–water partition coefficient (Wildman–Crippen LogP) is 2.10. The number of benzene rings is 2. The average Bonchev–Trinajstić information content (AvgIpc) is 2.59. The Morgan fingerprint density at radius 1 is 1.09 bits per heavy atom. The van der Waals surface area contributed by atoms with Crippen LogP contribution in [-0.2, 0) is 4.79 Å². The summed E-state index contributed by atoms with van der Waals surface area (Å²) in [6, 6.07) is 9.30. The summed E-state index contributed by atoms with van der Waals surface area (Å²) in [6.07, 6.45) is -1.60. The molecule has 6 heteroatoms. The molecule has 3 rings (SSSR count). The number of aliphatic hydroxyl groups excluding tert-OH is 1. The van der Waals surface area contributed by atoms with E-state index in [1.54, 1.807) is 0 Å². The number of amides is 1. The van der Waals surface area contributed by atoms with E-state index in [1.807, 2.05) is 0 Å². The van der Waals surface area contributed by atoms with E-state index in [1.165, 1.54) is 54.4 Å². The zero-order chi connectivity index (χ0) is 15.9. The van der Waals surface area contributed by atoms with Crippen molar-refractivity contribution in [1.82, 2.24) is 0 Å². The van der Waals surface area contributed by atoms with Gasteiger partial charge < -0.3 is 10.0 Å². The number of benzodiazepines with no additional fused rings is 1. The van der Waals surface area contributed by atoms with Gasteiger partial charge in [-0.1, -0.05) is 0 Å². The number of aliphatic imine (C=N–C) groups is 1. The molecule has 4 nitrogen and oxygen atoms in total. The third-order valence-corrected chi connectivity index (χ3v) is 3.50. The van der Waals surface area contributed by atoms with Gasteiger partial charge in [0.2, 0.25) is 6.23 Å². The Morgan fingerprint density at radius 3 is 2.41 bits per heavy atom. The van der Waals surface area contributed by atoms with Crippen LogP contribution in [0.25, 0.3) is 0 Å². The van der Waals surface area contributed by atoms with Crippen LogP contribution in [-0.4, -0.2) is 30.0 Å². The number of rotatable bonds is 1. The van der Waals surface area contributed by atoms with Gasteiger partial charge in [-0.3, -0.25) is 4.79 Å². The van der Waals surface area contributed by atoms with E-state index in [0.717, 1.165) is 0 Å². The van der Waals surface area contributed by atoms with Gasteiger partial charge in [-0.15, -0.1) is 0 Å². The molecule has 0 aliphatic carbocycles. The Hall–Kier alpha value is -2.60. The molecule has 1 unspecified atom stereocenters. The normalized spacial score (nSPS) is 17.8. The second kappa shape index (κ2) is 5.31. The molecule has 112 valence electrons. The topological polar surface area (TPSA) is 52.9 Å². The van der Waals surface area contributed by atoms with Gasteiger partial charge in [-0.2, -0.15) is 0 Å². The Kier molecular flexibility index (Phi) is 3.46. The number of carbonyl (C=O) groups excluding carboxylic acids is 1. The van der Waals surface area contributed by atoms with Crippen LogP contribution in [0, 0.1) is 11.6 Å². The number of fused-ring (bicyclic) bond motifs is 1. The minimum atomic E-state index is -1.60. The highest BCUT2D eigenvalue weighted by Crippen LogP contribution is 2.28. The van der Waals surface area contributed by atoms with E-state index in [2.05, 4.69) is 4.99 Å². The van der Waals surface area contributed by atoms with Crippen molar-refractivity contribution in [2.75, 3.05) is 11.9 Å². The second-order valence-corrected chi connectivity index (χ2v) is 4.92. The van der Waals surface area contributed by atoms with E-state index in [4.69, 9.17) is 0 Å². The number of likely N-dealkylation sites (N-methyl/N-ethyl adjacent to an activating group) is 1. The van der Waals surface area contributed by atoms with Crippen molar-refractivity contribution >= 4 is 17.3 Å². The number of hydrogen-bond acceptors (Lipinski definition) is 3. The van der Waals surface area contributed by atoms with Crippen molar-refractivity contribution < 1.29 is 18.7 Å². The fraction of sp³-hybridized carbons (Fsp3) is 0.125. The molecular formula is C16H12F2N2O2. The monoisotopic (exact) mass is 302 g/mol. The Balaban J connectivity index is 2.25. The van der Waals surface area contributed by atoms with Crippen molar-refractivity contribution in [2.45, 2.75) is 6.23 Å². The van der Waals surface area contributed by atoms with Crippen LogP contribution in [0.3, 0.4) is 0 Å². The third-order valence-electron chi connectivity index (χ3n) is 3.50. The summed E-state index contributed by atoms with van der Waals surface area (Å²) in [7, 11) is 1.48. The highest BCUT2D eigenvalue weighted by molar-refractivity contribution is 6.19. The van der Waals surface area contributed by atoms with Gasteiger partial charge in [0.15, 0.2) is 0 Å². The van der Waals surface area contributed by atoms with Crippen molar-refractivity contribution in [3.8, 4) is 0 Å². The van der Waals surface area contributed by atoms with Crippen LogP contribution in [0.4, 0.5) is 14.5 Å². The summed E-state index contributed by atoms with van der Waals surface area (Å²) in [5, 5.41) is 9.91. The standard InChI is InChI=1S/C16H12F2N2O2/c1-20-13-7-6-11(18)8-12(13)14(19-15(21)16(20)22)9-2-4-10(17)5-3-9/h2-8,15,21H,1H3. The van der Waals surface area contributed by atoms with Gasteiger partial charge in [0.05, 0.1) is 11.4 Å². The molecule has 0 bridgehead atoms. The molecule has 1 N–H and O–H groups in total. The van der Waals surface area contributed by atoms with E-state index >= 15 is 0 Å². The van der Waals surface area contributed by atoms with Crippen LogP contribution in [0.1, 0.15) is 11.1 Å². The number of nitrogens with zero attached hydrogens (tertiary/aromatic N) is 2. The first kappa shape index (κ1) is 14.3. The predicted molar refractivity (Wildman–Crippen MR) is 77.9 cm³/mol. The Morgan fingerprint density at radius 2 is 1.73 bits per heavy atom. The van der Waals surface area contributed by atoms with Gasteiger partial charge in [-0.05, 0) is 42.5 Å². The second-order valence-electron chi connectivity index (χ2n) is 4.92. The van der Waals surface area contributed by atoms with Gasteiger partial charge in [0.1, 0.15) is 11.6 Å². The van der Waals surface area contributed by atoms with Crippen molar-refractivity contribution in [3.05, 3.63) is 65.2 Å². The molecule has 2 aromatic rings. The van der Waals surface area contributed by atoms with Gasteiger partial charge in [0, 0.05) is 18.2 Å². The largest absolute Gasteiger partial charge is 0.364 e. The van der Waals surface area contributed by atoms with E-state index < -0.39 is 23.8 Å². The minimum absolute atomic E-state index is 0.236. The molecule has 0 radical (unpaired) electrons. The molecule has 2 aromatic carbocycles. The molecule has 0 spiro atoms. The van der Waals surface area contributed by atoms with Crippen molar-refractivity contribution in [1.29, 1.82) is 0 Å². The molecule has 0 aromatic heterocycles. The van der Waals surface area contributed by atoms with Crippen LogP contribution in [0.5, 0.6) is 0 Å². The fourth-order valence-electron chi connectivity index (χ4n) is 2.37. The summed E-state index contributed by atoms with van der Waals surface area (Å²) in [5.41, 5.74) is 1.50. The molecule has 1 atom stereocenters. The van der Waals surface area contributed by atoms with Crippen LogP contribution >= 0.6 is 0 Å². The zero-order valence-electron chi connectivity index (χ0n) is 11.6. The maximum absolute atomic E-state index is 13.6. The van der Waals surface area contributed by atoms with Crippen molar-refractivity contribution in [2.24, 2.45) is 4.99 Å². The Bertz CT molecular complexity index is 772. The molecule has 22 heavy (non-hydrogen) atoms. The first-order valence-electron chi connectivity index (χ1n) is 6.56. The lowest BCUT2D eigenvalue weighted by Gasteiger charge is -2.18. The van der Waals surface area contributed by atoms with Crippen molar-refractivity contribution in [3.63, 3.8) is 0 Å². The highest BCUT2D eigenvalue weighted by Gasteiger charge is 2.28. The Labute approximate surface area is 125 Å². The molecular weight excluding hydrogens is 290 g/mol. The van der Waals surface area contributed by atoms with Gasteiger partial charge >= 0.3 is 0 Å². The number of aliphatic hydroxyl groups is 1. The molecule has 0 fully saturated rings. The molecule has 0 saturated carbocycles. The average molecular weight is 302 g/mol. The summed E-state index contributed by atoms with van der Waals surface area (Å²) in [4.78, 5) is 17.2. The highest BCUT2D eigenvalue weighted by atomic mass is 19.1. The summed E-state index contributed by atoms with van der Waals surface area (Å²) < 4.78 is 26.7. The summed E-state index contributed by atoms with van der Waals surface area (Å²) in [6.45, 7) is 0. The summed E-state index contributed by atoms with van der Waals surface area (Å²) >= 11 is 0. The lowest BCUT2D eigenvalue weighted by Crippen LogP contribution is -2.34. The van der Waals surface area contributed by atoms with Crippen LogP contribution in [0.15, 0.2) is 47.5 Å². The quantitative estimate of drug-likeness (QED) is 0.877. The van der Waals surface area contributed by atoms with Crippen LogP contribution in [0.2, 0.25) is 0 Å². The SMILES string of the molecule is CN1C(=O)C(O)N=C(c2ccc(F)cc2)c2cc(F)ccc21. The number of hydrogen-bond donors (Lipinski definition) is 1. The molecule has 1 heterocycles. The third kappa shape index (κ3) is 2.37. The van der Waals surface area contributed by atoms with E-state index in [0.29, 0.717) is 16.8 Å². The smallest absolute Gasteiger partial charge is 0.278 e. The van der Waals surface area contributed by atoms with Gasteiger partial charge in [0.25, 0.3) is 5.91 Å². The van der Waals surface area contributed by atoms with E-state index in [-0.39, 0.29) is 5.71 Å². The molecule has 0 saturated heterocycles. The maximum Gasteiger partial charge on any atom is 0.278 e. The first-order chi connectivity index (χ1) is 10.5. The lowest BCUT2D eigenvalue weighted by molar-refractivity contribution is -0.125. The lowest BCUT2D eigenvalue weighted by atomic mass is 10.00. The fourth-order valence-corrected chi connectivity index (χ4v) is 2.37. The summed E-state index contributed by atoms with van der Waals surface area (Å²) in [5.74, 6) is -1.54. The zero-order valence-corrected chi connectivity index (χ0v) is 11.6. The molecule has 1 aliphatic rings. The number of halogens is 2. The molecule has 1 aliphatic heterocycles. The van der Waals surface area contributed by atoms with E-state index in [9.17, 15) is 18.7 Å². The maximum atomic E-state index is 13.6. The number of anilines is 1. The van der Waals surface area contributed by atoms with Gasteiger partial charge in [-0.25, -0.2) is 13.8 Å². The van der Waals surface area contributed by atoms with Crippen LogP contribution < -0.4 is 4.90 Å². The number of carbonyl (C=O) groups is 1. The molecule has 1 amide bonds.